The molecule has 3 rings (SSSR count). The van der Waals surface area contributed by atoms with E-state index < -0.39 is 0 Å². The summed E-state index contributed by atoms with van der Waals surface area (Å²) in [7, 11) is 0. The van der Waals surface area contributed by atoms with Crippen molar-refractivity contribution in [2.24, 2.45) is 0 Å². The van der Waals surface area contributed by atoms with Gasteiger partial charge < -0.3 is 0 Å². The maximum atomic E-state index is 2.38. The molecule has 0 atom stereocenters. The lowest BCUT2D eigenvalue weighted by Gasteiger charge is -2.26. The standard InChI is InChI=1S/C21H24/c1-14-12-16-10-11-19(21(3,4)5)20(18(16)13-14)17-9-7-6-8-15(17)2/h6-11,13H,12H2,1-5H3. The molecule has 2 aromatic rings. The minimum absolute atomic E-state index is 0.150. The zero-order chi connectivity index (χ0) is 15.2. The van der Waals surface area contributed by atoms with Gasteiger partial charge >= 0.3 is 0 Å². The molecule has 0 nitrogen and oxygen atoms in total. The first-order valence-electron chi connectivity index (χ1n) is 7.77. The Morgan fingerprint density at radius 2 is 1.62 bits per heavy atom. The van der Waals surface area contributed by atoms with Gasteiger partial charge in [-0.25, -0.2) is 0 Å². The highest BCUT2D eigenvalue weighted by molar-refractivity contribution is 5.85. The van der Waals surface area contributed by atoms with Crippen molar-refractivity contribution in [2.75, 3.05) is 0 Å². The Hall–Kier alpha value is -1.82. The maximum Gasteiger partial charge on any atom is -0.00604 e. The highest BCUT2D eigenvalue weighted by Crippen LogP contribution is 2.41. The third kappa shape index (κ3) is 2.44. The second kappa shape index (κ2) is 4.87. The molecule has 0 aliphatic heterocycles. The summed E-state index contributed by atoms with van der Waals surface area (Å²) in [6, 6.07) is 13.4. The Morgan fingerprint density at radius 1 is 0.905 bits per heavy atom. The number of hydrogen-bond acceptors (Lipinski definition) is 0. The van der Waals surface area contributed by atoms with Crippen molar-refractivity contribution in [2.45, 2.75) is 46.5 Å². The van der Waals surface area contributed by atoms with Gasteiger partial charge in [0.25, 0.3) is 0 Å². The summed E-state index contributed by atoms with van der Waals surface area (Å²) in [5, 5.41) is 0. The van der Waals surface area contributed by atoms with Crippen molar-refractivity contribution in [3.8, 4) is 11.1 Å². The van der Waals surface area contributed by atoms with Crippen molar-refractivity contribution in [3.05, 3.63) is 64.2 Å². The molecule has 0 fully saturated rings. The van der Waals surface area contributed by atoms with Crippen molar-refractivity contribution in [3.63, 3.8) is 0 Å². The van der Waals surface area contributed by atoms with E-state index in [-0.39, 0.29) is 5.41 Å². The molecule has 0 heteroatoms. The molecule has 0 amide bonds. The minimum Gasteiger partial charge on any atom is -0.0683 e. The molecule has 2 aromatic carbocycles. The molecule has 0 bridgehead atoms. The van der Waals surface area contributed by atoms with Crippen LogP contribution in [0.2, 0.25) is 0 Å². The Balaban J connectivity index is 2.37. The van der Waals surface area contributed by atoms with Gasteiger partial charge in [0, 0.05) is 0 Å². The lowest BCUT2D eigenvalue weighted by Crippen LogP contribution is -2.14. The van der Waals surface area contributed by atoms with E-state index in [9.17, 15) is 0 Å². The first-order valence-corrected chi connectivity index (χ1v) is 7.77. The smallest absolute Gasteiger partial charge is 0.00604 e. The van der Waals surface area contributed by atoms with E-state index in [0.717, 1.165) is 6.42 Å². The summed E-state index contributed by atoms with van der Waals surface area (Å²) in [6.45, 7) is 11.4. The summed E-state index contributed by atoms with van der Waals surface area (Å²) in [5.74, 6) is 0. The normalized spacial score (nSPS) is 14.0. The number of aryl methyl sites for hydroxylation is 1. The van der Waals surface area contributed by atoms with Crippen molar-refractivity contribution in [1.82, 2.24) is 0 Å². The van der Waals surface area contributed by atoms with Crippen LogP contribution in [0.3, 0.4) is 0 Å². The predicted molar refractivity (Wildman–Crippen MR) is 92.7 cm³/mol. The van der Waals surface area contributed by atoms with E-state index in [4.69, 9.17) is 0 Å². The summed E-state index contributed by atoms with van der Waals surface area (Å²) in [4.78, 5) is 0. The molecular formula is C21H24. The SMILES string of the molecule is CC1=Cc2c(ccc(C(C)(C)C)c2-c2ccccc2C)C1. The van der Waals surface area contributed by atoms with Crippen LogP contribution in [0, 0.1) is 6.92 Å². The van der Waals surface area contributed by atoms with Crippen LogP contribution in [-0.4, -0.2) is 0 Å². The first kappa shape index (κ1) is 14.1. The number of fused-ring (bicyclic) bond motifs is 1. The van der Waals surface area contributed by atoms with Crippen LogP contribution in [0.15, 0.2) is 42.0 Å². The number of rotatable bonds is 1. The molecule has 1 aliphatic carbocycles. The predicted octanol–water partition coefficient (Wildman–Crippen LogP) is 5.92. The third-order valence-electron chi connectivity index (χ3n) is 4.42. The second-order valence-electron chi connectivity index (χ2n) is 7.29. The van der Waals surface area contributed by atoms with Gasteiger partial charge in [0.05, 0.1) is 0 Å². The van der Waals surface area contributed by atoms with E-state index in [1.807, 2.05) is 0 Å². The molecule has 0 saturated carbocycles. The lowest BCUT2D eigenvalue weighted by atomic mass is 9.78. The van der Waals surface area contributed by atoms with Crippen LogP contribution in [0.1, 0.15) is 49.9 Å². The van der Waals surface area contributed by atoms with Crippen LogP contribution in [0.25, 0.3) is 17.2 Å². The molecule has 0 spiro atoms. The maximum absolute atomic E-state index is 2.38. The van der Waals surface area contributed by atoms with Crippen LogP contribution in [-0.2, 0) is 11.8 Å². The highest BCUT2D eigenvalue weighted by atomic mass is 14.3. The lowest BCUT2D eigenvalue weighted by molar-refractivity contribution is 0.591. The number of benzene rings is 2. The topological polar surface area (TPSA) is 0 Å². The molecule has 1 aliphatic rings. The van der Waals surface area contributed by atoms with E-state index in [1.165, 1.54) is 39.0 Å². The van der Waals surface area contributed by atoms with Crippen LogP contribution >= 0.6 is 0 Å². The Labute approximate surface area is 128 Å². The van der Waals surface area contributed by atoms with Gasteiger partial charge in [-0.1, -0.05) is 68.8 Å². The van der Waals surface area contributed by atoms with E-state index in [1.54, 1.807) is 0 Å². The second-order valence-corrected chi connectivity index (χ2v) is 7.29. The molecule has 0 heterocycles. The summed E-state index contributed by atoms with van der Waals surface area (Å²) < 4.78 is 0. The molecule has 0 unspecified atom stereocenters. The fraction of sp³-hybridized carbons (Fsp3) is 0.333. The fourth-order valence-corrected chi connectivity index (χ4v) is 3.35. The molecule has 0 radical (unpaired) electrons. The number of allylic oxidation sites excluding steroid dienone is 1. The minimum atomic E-state index is 0.150. The van der Waals surface area contributed by atoms with Crippen LogP contribution < -0.4 is 0 Å². The monoisotopic (exact) mass is 276 g/mol. The van der Waals surface area contributed by atoms with E-state index >= 15 is 0 Å². The Morgan fingerprint density at radius 3 is 2.29 bits per heavy atom. The van der Waals surface area contributed by atoms with Gasteiger partial charge in [-0.05, 0) is 59.1 Å². The first-order chi connectivity index (χ1) is 9.88. The fourth-order valence-electron chi connectivity index (χ4n) is 3.35. The van der Waals surface area contributed by atoms with Crippen LogP contribution in [0.5, 0.6) is 0 Å². The molecule has 108 valence electrons. The Kier molecular flexibility index (Phi) is 3.28. The zero-order valence-corrected chi connectivity index (χ0v) is 13.7. The quantitative estimate of drug-likeness (QED) is 0.606. The van der Waals surface area contributed by atoms with Gasteiger partial charge in [0.2, 0.25) is 0 Å². The Bertz CT molecular complexity index is 724. The van der Waals surface area contributed by atoms with Crippen molar-refractivity contribution < 1.29 is 0 Å². The molecule has 0 N–H and O–H groups in total. The third-order valence-corrected chi connectivity index (χ3v) is 4.42. The van der Waals surface area contributed by atoms with E-state index in [2.05, 4.69) is 77.1 Å². The van der Waals surface area contributed by atoms with Crippen LogP contribution in [0.4, 0.5) is 0 Å². The van der Waals surface area contributed by atoms with Gasteiger partial charge in [-0.15, -0.1) is 0 Å². The zero-order valence-electron chi connectivity index (χ0n) is 13.7. The summed E-state index contributed by atoms with van der Waals surface area (Å²) >= 11 is 0. The van der Waals surface area contributed by atoms with Gasteiger partial charge in [-0.3, -0.25) is 0 Å². The summed E-state index contributed by atoms with van der Waals surface area (Å²) in [5.41, 5.74) is 10.1. The largest absolute Gasteiger partial charge is 0.0683 e. The average Bonchev–Trinajstić information content (AvgIpc) is 2.77. The number of hydrogen-bond donors (Lipinski definition) is 0. The summed E-state index contributed by atoms with van der Waals surface area (Å²) in [6.07, 6.45) is 3.48. The average molecular weight is 276 g/mol. The van der Waals surface area contributed by atoms with Gasteiger partial charge in [0.15, 0.2) is 0 Å². The van der Waals surface area contributed by atoms with Crippen molar-refractivity contribution >= 4 is 6.08 Å². The molecule has 21 heavy (non-hydrogen) atoms. The van der Waals surface area contributed by atoms with Gasteiger partial charge in [0.1, 0.15) is 0 Å². The van der Waals surface area contributed by atoms with E-state index in [0.29, 0.717) is 0 Å². The molecular weight excluding hydrogens is 252 g/mol. The van der Waals surface area contributed by atoms with Crippen molar-refractivity contribution in [1.29, 1.82) is 0 Å². The molecule has 0 saturated heterocycles. The molecule has 0 aromatic heterocycles. The van der Waals surface area contributed by atoms with Gasteiger partial charge in [-0.2, -0.15) is 0 Å². The highest BCUT2D eigenvalue weighted by Gasteiger charge is 2.24.